The van der Waals surface area contributed by atoms with Crippen LogP contribution >= 0.6 is 0 Å². The number of benzene rings is 1. The van der Waals surface area contributed by atoms with Crippen molar-refractivity contribution in [1.82, 2.24) is 4.98 Å². The molecule has 0 aliphatic heterocycles. The molecule has 5 nitrogen and oxygen atoms in total. The van der Waals surface area contributed by atoms with Gasteiger partial charge in [-0.25, -0.2) is 9.37 Å². The number of hydrogen-bond acceptors (Lipinski definition) is 4. The normalized spacial score (nSPS) is 10.5. The lowest BCUT2D eigenvalue weighted by atomic mass is 10.1. The zero-order valence-corrected chi connectivity index (χ0v) is 9.32. The number of hydrogen-bond donors (Lipinski definition) is 1. The molecule has 0 spiro atoms. The van der Waals surface area contributed by atoms with E-state index in [0.29, 0.717) is 5.82 Å². The second-order valence-corrected chi connectivity index (χ2v) is 3.62. The van der Waals surface area contributed by atoms with Crippen LogP contribution < -0.4 is 5.32 Å². The van der Waals surface area contributed by atoms with Gasteiger partial charge in [0, 0.05) is 13.1 Å². The first-order chi connectivity index (χ1) is 8.04. The Bertz CT molecular complexity index is 613. The van der Waals surface area contributed by atoms with Gasteiger partial charge in [-0.15, -0.1) is 0 Å². The second kappa shape index (κ2) is 3.97. The first kappa shape index (κ1) is 11.3. The van der Waals surface area contributed by atoms with E-state index in [1.807, 2.05) is 0 Å². The Morgan fingerprint density at radius 1 is 1.47 bits per heavy atom. The van der Waals surface area contributed by atoms with E-state index in [4.69, 9.17) is 0 Å². The number of halogens is 1. The minimum atomic E-state index is -0.567. The maximum Gasteiger partial charge on any atom is 0.278 e. The molecule has 0 saturated heterocycles. The summed E-state index contributed by atoms with van der Waals surface area (Å²) >= 11 is 0. The van der Waals surface area contributed by atoms with Gasteiger partial charge >= 0.3 is 0 Å². The van der Waals surface area contributed by atoms with E-state index in [0.717, 1.165) is 17.7 Å². The number of nitro benzene ring substituents is 1. The van der Waals surface area contributed by atoms with Crippen molar-refractivity contribution >= 4 is 22.4 Å². The molecule has 0 saturated carbocycles. The summed E-state index contributed by atoms with van der Waals surface area (Å²) in [5.41, 5.74) is 0.600. The van der Waals surface area contributed by atoms with E-state index in [1.54, 1.807) is 20.0 Å². The average molecular weight is 235 g/mol. The lowest BCUT2D eigenvalue weighted by Gasteiger charge is -2.07. The maximum atomic E-state index is 13.6. The van der Waals surface area contributed by atoms with Gasteiger partial charge in [0.25, 0.3) is 5.69 Å². The van der Waals surface area contributed by atoms with Crippen LogP contribution in [0.25, 0.3) is 10.9 Å². The van der Waals surface area contributed by atoms with Crippen molar-refractivity contribution in [3.8, 4) is 0 Å². The highest BCUT2D eigenvalue weighted by molar-refractivity contribution is 5.90. The van der Waals surface area contributed by atoms with Gasteiger partial charge in [0.2, 0.25) is 0 Å². The van der Waals surface area contributed by atoms with Crippen molar-refractivity contribution in [3.05, 3.63) is 39.7 Å². The number of nitrogens with zero attached hydrogens (tertiary/aromatic N) is 2. The lowest BCUT2D eigenvalue weighted by Crippen LogP contribution is -1.99. The summed E-state index contributed by atoms with van der Waals surface area (Å²) in [5.74, 6) is -0.0565. The van der Waals surface area contributed by atoms with Gasteiger partial charge in [0.15, 0.2) is 0 Å². The predicted octanol–water partition coefficient (Wildman–Crippen LogP) is 2.63. The number of aryl methyl sites for hydroxylation is 1. The smallest absolute Gasteiger partial charge is 0.278 e. The van der Waals surface area contributed by atoms with Crippen molar-refractivity contribution in [3.63, 3.8) is 0 Å². The van der Waals surface area contributed by atoms with E-state index < -0.39 is 10.7 Å². The Kier molecular flexibility index (Phi) is 2.63. The highest BCUT2D eigenvalue weighted by Gasteiger charge is 2.17. The van der Waals surface area contributed by atoms with Gasteiger partial charge in [-0.3, -0.25) is 10.1 Å². The van der Waals surface area contributed by atoms with Crippen molar-refractivity contribution in [1.29, 1.82) is 0 Å². The summed E-state index contributed by atoms with van der Waals surface area (Å²) in [4.78, 5) is 14.3. The third kappa shape index (κ3) is 1.77. The van der Waals surface area contributed by atoms with Crippen LogP contribution in [-0.2, 0) is 0 Å². The predicted molar refractivity (Wildman–Crippen MR) is 62.6 cm³/mol. The largest absolute Gasteiger partial charge is 0.373 e. The SMILES string of the molecule is CNc1nc2c(F)ccc([N+](=O)[O-])c2cc1C. The fraction of sp³-hybridized carbons (Fsp3) is 0.182. The number of fused-ring (bicyclic) bond motifs is 1. The van der Waals surface area contributed by atoms with Gasteiger partial charge in [0.1, 0.15) is 17.2 Å². The maximum absolute atomic E-state index is 13.6. The van der Waals surface area contributed by atoms with Gasteiger partial charge in [0.05, 0.1) is 10.3 Å². The van der Waals surface area contributed by atoms with Crippen LogP contribution in [0.1, 0.15) is 5.56 Å². The summed E-state index contributed by atoms with van der Waals surface area (Å²) < 4.78 is 13.6. The summed E-state index contributed by atoms with van der Waals surface area (Å²) in [7, 11) is 1.66. The van der Waals surface area contributed by atoms with E-state index in [-0.39, 0.29) is 16.6 Å². The molecule has 0 aliphatic carbocycles. The molecule has 17 heavy (non-hydrogen) atoms. The van der Waals surface area contributed by atoms with Crippen LogP contribution in [0.2, 0.25) is 0 Å². The van der Waals surface area contributed by atoms with Crippen LogP contribution in [0.15, 0.2) is 18.2 Å². The summed E-state index contributed by atoms with van der Waals surface area (Å²) in [6.07, 6.45) is 0. The molecule has 1 heterocycles. The Morgan fingerprint density at radius 2 is 2.18 bits per heavy atom. The minimum absolute atomic E-state index is 0.00847. The number of pyridine rings is 1. The second-order valence-electron chi connectivity index (χ2n) is 3.62. The Balaban J connectivity index is 2.87. The molecule has 0 radical (unpaired) electrons. The summed E-state index contributed by atoms with van der Waals surface area (Å²) in [6.45, 7) is 1.76. The lowest BCUT2D eigenvalue weighted by molar-refractivity contribution is -0.383. The number of rotatable bonds is 2. The van der Waals surface area contributed by atoms with Crippen LogP contribution in [-0.4, -0.2) is 17.0 Å². The highest BCUT2D eigenvalue weighted by Crippen LogP contribution is 2.29. The molecule has 0 amide bonds. The first-order valence-corrected chi connectivity index (χ1v) is 4.96. The van der Waals surface area contributed by atoms with Gasteiger partial charge in [-0.05, 0) is 24.6 Å². The van der Waals surface area contributed by atoms with Crippen LogP contribution in [0.5, 0.6) is 0 Å². The zero-order valence-electron chi connectivity index (χ0n) is 9.32. The Labute approximate surface area is 96.4 Å². The van der Waals surface area contributed by atoms with Crippen molar-refractivity contribution in [2.24, 2.45) is 0 Å². The summed E-state index contributed by atoms with van der Waals surface area (Å²) in [6, 6.07) is 3.77. The Morgan fingerprint density at radius 3 is 2.76 bits per heavy atom. The zero-order chi connectivity index (χ0) is 12.6. The van der Waals surface area contributed by atoms with Crippen molar-refractivity contribution < 1.29 is 9.31 Å². The molecule has 0 bridgehead atoms. The fourth-order valence-electron chi connectivity index (χ4n) is 1.72. The van der Waals surface area contributed by atoms with E-state index >= 15 is 0 Å². The molecular formula is C11H10FN3O2. The monoisotopic (exact) mass is 235 g/mol. The molecule has 1 aromatic carbocycles. The van der Waals surface area contributed by atoms with E-state index in [9.17, 15) is 14.5 Å². The molecule has 0 atom stereocenters. The van der Waals surface area contributed by atoms with Gasteiger partial charge in [-0.2, -0.15) is 0 Å². The number of aromatic nitrogens is 1. The molecule has 0 aliphatic rings. The van der Waals surface area contributed by atoms with Gasteiger partial charge < -0.3 is 5.32 Å². The minimum Gasteiger partial charge on any atom is -0.373 e. The third-order valence-electron chi connectivity index (χ3n) is 2.54. The number of nitro groups is 1. The van der Waals surface area contributed by atoms with Crippen molar-refractivity contribution in [2.45, 2.75) is 6.92 Å². The molecule has 1 aromatic heterocycles. The molecule has 0 unspecified atom stereocenters. The molecule has 2 rings (SSSR count). The molecule has 1 N–H and O–H groups in total. The summed E-state index contributed by atoms with van der Waals surface area (Å²) in [5, 5.41) is 13.9. The third-order valence-corrected chi connectivity index (χ3v) is 2.54. The van der Waals surface area contributed by atoms with E-state index in [1.165, 1.54) is 0 Å². The van der Waals surface area contributed by atoms with Crippen LogP contribution in [0.4, 0.5) is 15.9 Å². The molecule has 0 fully saturated rings. The number of nitrogens with one attached hydrogen (secondary N) is 1. The van der Waals surface area contributed by atoms with Crippen molar-refractivity contribution in [2.75, 3.05) is 12.4 Å². The first-order valence-electron chi connectivity index (χ1n) is 4.96. The highest BCUT2D eigenvalue weighted by atomic mass is 19.1. The van der Waals surface area contributed by atoms with Gasteiger partial charge in [-0.1, -0.05) is 0 Å². The number of anilines is 1. The standard InChI is InChI=1S/C11H10FN3O2/c1-6-5-7-9(15(16)17)4-3-8(12)10(7)14-11(6)13-2/h3-5H,1-2H3,(H,13,14). The average Bonchev–Trinajstić information content (AvgIpc) is 2.28. The fourth-order valence-corrected chi connectivity index (χ4v) is 1.72. The quantitative estimate of drug-likeness (QED) is 0.641. The topological polar surface area (TPSA) is 68.1 Å². The van der Waals surface area contributed by atoms with Crippen LogP contribution in [0.3, 0.4) is 0 Å². The number of non-ortho nitro benzene ring substituents is 1. The molecule has 2 aromatic rings. The molecule has 88 valence electrons. The molecule has 6 heteroatoms. The Hall–Kier alpha value is -2.24. The van der Waals surface area contributed by atoms with E-state index in [2.05, 4.69) is 10.3 Å². The molecular weight excluding hydrogens is 225 g/mol. The van der Waals surface area contributed by atoms with Crippen LogP contribution in [0, 0.1) is 22.9 Å².